The van der Waals surface area contributed by atoms with Crippen molar-refractivity contribution in [1.29, 1.82) is 0 Å². The van der Waals surface area contributed by atoms with Crippen molar-refractivity contribution < 1.29 is 9.53 Å². The summed E-state index contributed by atoms with van der Waals surface area (Å²) in [5.74, 6) is 0.473. The molecular weight excluding hydrogens is 301 g/mol. The van der Waals surface area contributed by atoms with Crippen molar-refractivity contribution >= 4 is 40.6 Å². The summed E-state index contributed by atoms with van der Waals surface area (Å²) in [5, 5.41) is 6.07. The predicted octanol–water partition coefficient (Wildman–Crippen LogP) is 4.04. The van der Waals surface area contributed by atoms with Crippen molar-refractivity contribution in [1.82, 2.24) is 4.98 Å². The molecule has 1 aromatic carbocycles. The van der Waals surface area contributed by atoms with Gasteiger partial charge in [-0.05, 0) is 24.3 Å². The summed E-state index contributed by atoms with van der Waals surface area (Å²) in [7, 11) is 1.52. The number of benzene rings is 1. The van der Waals surface area contributed by atoms with E-state index in [1.54, 1.807) is 30.3 Å². The molecule has 2 N–H and O–H groups in total. The molecule has 5 nitrogen and oxygen atoms in total. The summed E-state index contributed by atoms with van der Waals surface area (Å²) >= 11 is 11.7. The number of anilines is 2. The number of carbonyl (C=O) groups excluding carboxylic acids is 1. The Kier molecular flexibility index (Phi) is 4.65. The smallest absolute Gasteiger partial charge is 0.323 e. The quantitative estimate of drug-likeness (QED) is 0.899. The summed E-state index contributed by atoms with van der Waals surface area (Å²) in [6.45, 7) is 0. The fourth-order valence-electron chi connectivity index (χ4n) is 1.44. The molecule has 0 spiro atoms. The topological polar surface area (TPSA) is 63.2 Å². The van der Waals surface area contributed by atoms with Gasteiger partial charge in [-0.1, -0.05) is 23.2 Å². The van der Waals surface area contributed by atoms with Crippen molar-refractivity contribution in [3.05, 3.63) is 46.6 Å². The Hall–Kier alpha value is -1.98. The van der Waals surface area contributed by atoms with Gasteiger partial charge in [0, 0.05) is 11.8 Å². The first kappa shape index (κ1) is 14.4. The third-order valence-electron chi connectivity index (χ3n) is 2.38. The highest BCUT2D eigenvalue weighted by atomic mass is 35.5. The van der Waals surface area contributed by atoms with Gasteiger partial charge in [-0.2, -0.15) is 0 Å². The van der Waals surface area contributed by atoms with Crippen LogP contribution in [-0.4, -0.2) is 18.1 Å². The lowest BCUT2D eigenvalue weighted by atomic mass is 10.3. The number of nitrogens with one attached hydrogen (secondary N) is 2. The fourth-order valence-corrected chi connectivity index (χ4v) is 1.74. The summed E-state index contributed by atoms with van der Waals surface area (Å²) < 4.78 is 4.93. The molecule has 2 rings (SSSR count). The van der Waals surface area contributed by atoms with Crippen molar-refractivity contribution in [2.24, 2.45) is 0 Å². The van der Waals surface area contributed by atoms with Crippen molar-refractivity contribution in [2.75, 3.05) is 17.7 Å². The first-order valence-electron chi connectivity index (χ1n) is 5.61. The van der Waals surface area contributed by atoms with Crippen molar-refractivity contribution in [3.8, 4) is 5.88 Å². The summed E-state index contributed by atoms with van der Waals surface area (Å²) in [5.41, 5.74) is 1.08. The van der Waals surface area contributed by atoms with Crippen LogP contribution in [0.1, 0.15) is 0 Å². The summed E-state index contributed by atoms with van der Waals surface area (Å²) in [6, 6.07) is 7.74. The van der Waals surface area contributed by atoms with Gasteiger partial charge in [0.25, 0.3) is 0 Å². The second-order valence-corrected chi connectivity index (χ2v) is 4.61. The van der Waals surface area contributed by atoms with Gasteiger partial charge in [0.05, 0.1) is 29.0 Å². The Morgan fingerprint density at radius 2 is 1.80 bits per heavy atom. The Labute approximate surface area is 125 Å². The summed E-state index contributed by atoms with van der Waals surface area (Å²) in [6.07, 6.45) is 1.49. The van der Waals surface area contributed by atoms with Gasteiger partial charge in [-0.15, -0.1) is 0 Å². The molecule has 0 aliphatic heterocycles. The molecule has 0 atom stereocenters. The fraction of sp³-hybridized carbons (Fsp3) is 0.0769. The minimum Gasteiger partial charge on any atom is -0.481 e. The minimum absolute atomic E-state index is 0.371. The van der Waals surface area contributed by atoms with Gasteiger partial charge >= 0.3 is 6.03 Å². The zero-order chi connectivity index (χ0) is 14.5. The van der Waals surface area contributed by atoms with E-state index in [4.69, 9.17) is 27.9 Å². The number of amides is 2. The standard InChI is InChI=1S/C13H11Cl2N3O2/c1-20-12-5-3-9(7-16-12)18-13(19)17-8-2-4-10(14)11(15)6-8/h2-7H,1H3,(H2,17,18,19). The van der Waals surface area contributed by atoms with E-state index in [0.29, 0.717) is 27.3 Å². The molecule has 0 saturated carbocycles. The Morgan fingerprint density at radius 1 is 1.10 bits per heavy atom. The molecule has 0 saturated heterocycles. The van der Waals surface area contributed by atoms with Crippen LogP contribution in [0.2, 0.25) is 10.0 Å². The second-order valence-electron chi connectivity index (χ2n) is 3.80. The Balaban J connectivity index is 1.99. The zero-order valence-corrected chi connectivity index (χ0v) is 12.0. The molecule has 0 aliphatic rings. The largest absolute Gasteiger partial charge is 0.481 e. The second kappa shape index (κ2) is 6.45. The number of halogens is 2. The number of methoxy groups -OCH3 is 1. The SMILES string of the molecule is COc1ccc(NC(=O)Nc2ccc(Cl)c(Cl)c2)cn1. The number of hydrogen-bond acceptors (Lipinski definition) is 3. The zero-order valence-electron chi connectivity index (χ0n) is 10.5. The van der Waals surface area contributed by atoms with Crippen molar-refractivity contribution in [2.45, 2.75) is 0 Å². The molecule has 1 heterocycles. The number of urea groups is 1. The van der Waals surface area contributed by atoms with Gasteiger partial charge in [0.2, 0.25) is 5.88 Å². The van der Waals surface area contributed by atoms with E-state index in [9.17, 15) is 4.79 Å². The molecule has 0 unspecified atom stereocenters. The van der Waals surface area contributed by atoms with E-state index >= 15 is 0 Å². The van der Waals surface area contributed by atoms with Gasteiger partial charge in [0.1, 0.15) is 0 Å². The van der Waals surface area contributed by atoms with Crippen LogP contribution < -0.4 is 15.4 Å². The number of aromatic nitrogens is 1. The number of rotatable bonds is 3. The van der Waals surface area contributed by atoms with E-state index < -0.39 is 6.03 Å². The van der Waals surface area contributed by atoms with Gasteiger partial charge < -0.3 is 15.4 Å². The number of ether oxygens (including phenoxy) is 1. The lowest BCUT2D eigenvalue weighted by Crippen LogP contribution is -2.19. The third-order valence-corrected chi connectivity index (χ3v) is 3.12. The lowest BCUT2D eigenvalue weighted by molar-refractivity contribution is 0.262. The van der Waals surface area contributed by atoms with Crippen LogP contribution in [0.5, 0.6) is 5.88 Å². The number of hydrogen-bond donors (Lipinski definition) is 2. The van der Waals surface area contributed by atoms with E-state index in [-0.39, 0.29) is 0 Å². The predicted molar refractivity (Wildman–Crippen MR) is 79.9 cm³/mol. The average molecular weight is 312 g/mol. The normalized spacial score (nSPS) is 9.95. The molecule has 1 aromatic heterocycles. The monoisotopic (exact) mass is 311 g/mol. The van der Waals surface area contributed by atoms with Gasteiger partial charge in [-0.25, -0.2) is 9.78 Å². The highest BCUT2D eigenvalue weighted by Gasteiger charge is 2.05. The van der Waals surface area contributed by atoms with E-state index in [0.717, 1.165) is 0 Å². The highest BCUT2D eigenvalue weighted by molar-refractivity contribution is 6.42. The van der Waals surface area contributed by atoms with Crippen LogP contribution in [-0.2, 0) is 0 Å². The van der Waals surface area contributed by atoms with Crippen LogP contribution in [0.3, 0.4) is 0 Å². The Morgan fingerprint density at radius 3 is 2.40 bits per heavy atom. The molecule has 20 heavy (non-hydrogen) atoms. The van der Waals surface area contributed by atoms with Crippen LogP contribution in [0.25, 0.3) is 0 Å². The van der Waals surface area contributed by atoms with E-state index in [1.165, 1.54) is 13.3 Å². The average Bonchev–Trinajstić information content (AvgIpc) is 2.44. The number of carbonyl (C=O) groups is 1. The molecule has 7 heteroatoms. The van der Waals surface area contributed by atoms with Gasteiger partial charge in [-0.3, -0.25) is 0 Å². The Bertz CT molecular complexity index is 618. The maximum Gasteiger partial charge on any atom is 0.323 e. The van der Waals surface area contributed by atoms with Crippen LogP contribution >= 0.6 is 23.2 Å². The third kappa shape index (κ3) is 3.76. The molecule has 2 aromatic rings. The summed E-state index contributed by atoms with van der Waals surface area (Å²) in [4.78, 5) is 15.8. The molecule has 0 radical (unpaired) electrons. The van der Waals surface area contributed by atoms with Crippen LogP contribution in [0, 0.1) is 0 Å². The van der Waals surface area contributed by atoms with Crippen molar-refractivity contribution in [3.63, 3.8) is 0 Å². The van der Waals surface area contributed by atoms with Crippen LogP contribution in [0.15, 0.2) is 36.5 Å². The first-order valence-corrected chi connectivity index (χ1v) is 6.37. The number of nitrogens with zero attached hydrogens (tertiary/aromatic N) is 1. The van der Waals surface area contributed by atoms with E-state index in [2.05, 4.69) is 15.6 Å². The molecule has 0 fully saturated rings. The molecule has 2 amide bonds. The maximum absolute atomic E-state index is 11.8. The van der Waals surface area contributed by atoms with Crippen LogP contribution in [0.4, 0.5) is 16.2 Å². The maximum atomic E-state index is 11.8. The van der Waals surface area contributed by atoms with E-state index in [1.807, 2.05) is 0 Å². The molecule has 104 valence electrons. The lowest BCUT2D eigenvalue weighted by Gasteiger charge is -2.08. The van der Waals surface area contributed by atoms with Gasteiger partial charge in [0.15, 0.2) is 0 Å². The molecule has 0 aliphatic carbocycles. The highest BCUT2D eigenvalue weighted by Crippen LogP contribution is 2.25. The first-order chi connectivity index (χ1) is 9.58. The minimum atomic E-state index is -0.407. The molecular formula is C13H11Cl2N3O2. The number of pyridine rings is 1. The molecule has 0 bridgehead atoms.